The molecule has 0 spiro atoms. The lowest BCUT2D eigenvalue weighted by molar-refractivity contribution is -0.0441. The lowest BCUT2D eigenvalue weighted by atomic mass is 10.3. The van der Waals surface area contributed by atoms with E-state index in [2.05, 4.69) is 0 Å². The summed E-state index contributed by atoms with van der Waals surface area (Å²) in [5.41, 5.74) is 0. The number of hydrogen-bond donors (Lipinski definition) is 0. The molecule has 1 aromatic rings. The Balaban J connectivity index is 2.36. The van der Waals surface area contributed by atoms with Crippen LogP contribution in [-0.2, 0) is 14.8 Å². The predicted octanol–water partition coefficient (Wildman–Crippen LogP) is 1.76. The average Bonchev–Trinajstić information content (AvgIpc) is 2.26. The molecule has 0 amide bonds. The highest BCUT2D eigenvalue weighted by Gasteiger charge is 2.33. The number of hydrogen-bond acceptors (Lipinski definition) is 3. The van der Waals surface area contributed by atoms with Crippen molar-refractivity contribution >= 4 is 10.0 Å². The van der Waals surface area contributed by atoms with Crippen LogP contribution in [0.3, 0.4) is 0 Å². The first-order valence-electron chi connectivity index (χ1n) is 5.91. The molecule has 2 rings (SSSR count). The molecule has 0 bridgehead atoms. The van der Waals surface area contributed by atoms with Crippen molar-refractivity contribution in [2.75, 3.05) is 13.1 Å². The Hall–Kier alpha value is -1.05. The molecule has 4 nitrogen and oxygen atoms in total. The number of rotatable bonds is 2. The summed E-state index contributed by atoms with van der Waals surface area (Å²) in [4.78, 5) is -0.504. The topological polar surface area (TPSA) is 46.6 Å². The SMILES string of the molecule is C[C@@H]1CN(S(=O)(=O)c2ccc(F)cc2F)C[C@H](C)O1. The van der Waals surface area contributed by atoms with Gasteiger partial charge in [-0.2, -0.15) is 4.31 Å². The van der Waals surface area contributed by atoms with Gasteiger partial charge < -0.3 is 4.74 Å². The van der Waals surface area contributed by atoms with E-state index in [0.717, 1.165) is 12.1 Å². The van der Waals surface area contributed by atoms with Crippen LogP contribution < -0.4 is 0 Å². The van der Waals surface area contributed by atoms with Crippen LogP contribution in [0.2, 0.25) is 0 Å². The number of morpholine rings is 1. The summed E-state index contributed by atoms with van der Waals surface area (Å²) in [6.45, 7) is 3.81. The smallest absolute Gasteiger partial charge is 0.246 e. The molecule has 1 aliphatic heterocycles. The molecule has 106 valence electrons. The van der Waals surface area contributed by atoms with Crippen molar-refractivity contribution in [3.63, 3.8) is 0 Å². The van der Waals surface area contributed by atoms with E-state index in [1.54, 1.807) is 13.8 Å². The van der Waals surface area contributed by atoms with E-state index in [1.807, 2.05) is 0 Å². The molecule has 7 heteroatoms. The van der Waals surface area contributed by atoms with Crippen molar-refractivity contribution in [2.24, 2.45) is 0 Å². The minimum absolute atomic E-state index is 0.156. The molecular weight excluding hydrogens is 276 g/mol. The van der Waals surface area contributed by atoms with E-state index >= 15 is 0 Å². The van der Waals surface area contributed by atoms with Crippen molar-refractivity contribution in [2.45, 2.75) is 31.0 Å². The Morgan fingerprint density at radius 2 is 1.79 bits per heavy atom. The Labute approximate surface area is 111 Å². The van der Waals surface area contributed by atoms with Crippen molar-refractivity contribution in [3.8, 4) is 0 Å². The molecule has 0 N–H and O–H groups in total. The van der Waals surface area contributed by atoms with Gasteiger partial charge >= 0.3 is 0 Å². The van der Waals surface area contributed by atoms with E-state index in [0.29, 0.717) is 6.07 Å². The maximum atomic E-state index is 13.6. The average molecular weight is 291 g/mol. The second-order valence-corrected chi connectivity index (χ2v) is 6.56. The molecule has 2 atom stereocenters. The molecule has 0 aliphatic carbocycles. The summed E-state index contributed by atoms with van der Waals surface area (Å²) in [5.74, 6) is -1.88. The number of ether oxygens (including phenoxy) is 1. The molecule has 1 aromatic carbocycles. The molecule has 1 aliphatic rings. The number of benzene rings is 1. The standard InChI is InChI=1S/C12H15F2NO3S/c1-8-6-15(7-9(2)18-8)19(16,17)12-4-3-10(13)5-11(12)14/h3-5,8-9H,6-7H2,1-2H3/t8-,9+. The second kappa shape index (κ2) is 5.15. The van der Waals surface area contributed by atoms with Crippen LogP contribution >= 0.6 is 0 Å². The zero-order valence-electron chi connectivity index (χ0n) is 10.6. The van der Waals surface area contributed by atoms with Crippen LogP contribution in [0, 0.1) is 11.6 Å². The van der Waals surface area contributed by atoms with Gasteiger partial charge in [-0.25, -0.2) is 17.2 Å². The first kappa shape index (κ1) is 14.4. The largest absolute Gasteiger partial charge is 0.373 e. The fraction of sp³-hybridized carbons (Fsp3) is 0.500. The van der Waals surface area contributed by atoms with Crippen LogP contribution in [0.15, 0.2) is 23.1 Å². The fourth-order valence-corrected chi connectivity index (χ4v) is 3.79. The highest BCUT2D eigenvalue weighted by Crippen LogP contribution is 2.23. The Bertz CT molecular complexity index is 566. The third-order valence-electron chi connectivity index (χ3n) is 2.90. The Kier molecular flexibility index (Phi) is 3.89. The zero-order valence-corrected chi connectivity index (χ0v) is 11.5. The molecule has 19 heavy (non-hydrogen) atoms. The number of nitrogens with zero attached hydrogens (tertiary/aromatic N) is 1. The van der Waals surface area contributed by atoms with Crippen LogP contribution in [0.1, 0.15) is 13.8 Å². The van der Waals surface area contributed by atoms with Gasteiger partial charge in [-0.1, -0.05) is 0 Å². The first-order chi connectivity index (χ1) is 8.80. The maximum absolute atomic E-state index is 13.6. The van der Waals surface area contributed by atoms with E-state index in [9.17, 15) is 17.2 Å². The van der Waals surface area contributed by atoms with Crippen molar-refractivity contribution in [1.82, 2.24) is 4.31 Å². The van der Waals surface area contributed by atoms with Crippen molar-refractivity contribution in [1.29, 1.82) is 0 Å². The molecule has 0 radical (unpaired) electrons. The summed E-state index contributed by atoms with van der Waals surface area (Å²) in [5, 5.41) is 0. The summed E-state index contributed by atoms with van der Waals surface area (Å²) >= 11 is 0. The zero-order chi connectivity index (χ0) is 14.2. The quantitative estimate of drug-likeness (QED) is 0.834. The van der Waals surface area contributed by atoms with Gasteiger partial charge in [0.15, 0.2) is 0 Å². The monoisotopic (exact) mass is 291 g/mol. The molecule has 0 saturated carbocycles. The van der Waals surface area contributed by atoms with Crippen LogP contribution in [0.25, 0.3) is 0 Å². The molecular formula is C12H15F2NO3S. The predicted molar refractivity (Wildman–Crippen MR) is 65.1 cm³/mol. The van der Waals surface area contributed by atoms with Gasteiger partial charge in [0.1, 0.15) is 16.5 Å². The van der Waals surface area contributed by atoms with Gasteiger partial charge in [0.2, 0.25) is 10.0 Å². The maximum Gasteiger partial charge on any atom is 0.246 e. The van der Waals surface area contributed by atoms with E-state index in [-0.39, 0.29) is 25.3 Å². The summed E-state index contributed by atoms with van der Waals surface area (Å²) < 4.78 is 57.7. The summed E-state index contributed by atoms with van der Waals surface area (Å²) in [6, 6.07) is 2.45. The minimum Gasteiger partial charge on any atom is -0.373 e. The van der Waals surface area contributed by atoms with Crippen LogP contribution in [0.5, 0.6) is 0 Å². The lowest BCUT2D eigenvalue weighted by Crippen LogP contribution is -2.48. The van der Waals surface area contributed by atoms with Gasteiger partial charge in [0.05, 0.1) is 12.2 Å². The molecule has 1 heterocycles. The summed E-state index contributed by atoms with van der Waals surface area (Å²) in [6.07, 6.45) is -0.524. The Morgan fingerprint density at radius 1 is 1.21 bits per heavy atom. The van der Waals surface area contributed by atoms with Crippen molar-refractivity contribution < 1.29 is 21.9 Å². The Morgan fingerprint density at radius 3 is 2.32 bits per heavy atom. The van der Waals surface area contributed by atoms with Crippen LogP contribution in [0.4, 0.5) is 8.78 Å². The van der Waals surface area contributed by atoms with Gasteiger partial charge in [-0.15, -0.1) is 0 Å². The first-order valence-corrected chi connectivity index (χ1v) is 7.35. The van der Waals surface area contributed by atoms with Gasteiger partial charge in [0.25, 0.3) is 0 Å². The van der Waals surface area contributed by atoms with Gasteiger partial charge in [-0.3, -0.25) is 0 Å². The second-order valence-electron chi connectivity index (χ2n) is 4.65. The highest BCUT2D eigenvalue weighted by molar-refractivity contribution is 7.89. The third-order valence-corrected chi connectivity index (χ3v) is 4.76. The van der Waals surface area contributed by atoms with Gasteiger partial charge in [0, 0.05) is 19.2 Å². The minimum atomic E-state index is -3.96. The fourth-order valence-electron chi connectivity index (χ4n) is 2.15. The third kappa shape index (κ3) is 2.93. The normalized spacial score (nSPS) is 25.5. The molecule has 1 fully saturated rings. The molecule has 0 aromatic heterocycles. The van der Waals surface area contributed by atoms with Crippen LogP contribution in [-0.4, -0.2) is 38.0 Å². The number of sulfonamides is 1. The van der Waals surface area contributed by atoms with E-state index < -0.39 is 26.6 Å². The molecule has 0 unspecified atom stereocenters. The number of halogens is 2. The molecule has 1 saturated heterocycles. The van der Waals surface area contributed by atoms with E-state index in [4.69, 9.17) is 4.74 Å². The van der Waals surface area contributed by atoms with E-state index in [1.165, 1.54) is 4.31 Å². The lowest BCUT2D eigenvalue weighted by Gasteiger charge is -2.34. The van der Waals surface area contributed by atoms with Crippen molar-refractivity contribution in [3.05, 3.63) is 29.8 Å². The van der Waals surface area contributed by atoms with Gasteiger partial charge in [-0.05, 0) is 26.0 Å². The summed E-state index contributed by atoms with van der Waals surface area (Å²) in [7, 11) is -3.96. The highest BCUT2D eigenvalue weighted by atomic mass is 32.2.